The van der Waals surface area contributed by atoms with Crippen molar-refractivity contribution in [3.63, 3.8) is 0 Å². The predicted molar refractivity (Wildman–Crippen MR) is 322 cm³/mol. The Hall–Kier alpha value is -11.5. The minimum atomic E-state index is 0.503. The number of fused-ring (bicyclic) bond motifs is 6. The molecule has 0 fully saturated rings. The molecule has 0 unspecified atom stereocenters. The SMILES string of the molecule is [C-]#[N+]c1cccc(-c2ccc3c(c2)c2ccccc2n3-c2ccc(-c3cc(-c4ccc(C#N)cc4)ccc3-n3c4ccccc4c4cc(-c5cccc(C#N)c5)ccc43)cc2-c2nc(-c3ccccc3)nc(-c3ccccc3)n2)c1. The highest BCUT2D eigenvalue weighted by Crippen LogP contribution is 2.44. The fourth-order valence-electron chi connectivity index (χ4n) is 11.2. The van der Waals surface area contributed by atoms with Crippen molar-refractivity contribution in [1.29, 1.82) is 10.5 Å². The first kappa shape index (κ1) is 47.0. The molecule has 0 aliphatic rings. The van der Waals surface area contributed by atoms with Gasteiger partial charge in [0.1, 0.15) is 0 Å². The molecular weight excluding hydrogens is 977 g/mol. The molecule has 0 saturated carbocycles. The third-order valence-corrected chi connectivity index (χ3v) is 15.1. The largest absolute Gasteiger partial charge is 0.309 e. The Morgan fingerprint density at radius 2 is 0.750 bits per heavy atom. The molecule has 0 saturated heterocycles. The lowest BCUT2D eigenvalue weighted by atomic mass is 9.94. The Bertz CT molecular complexity index is 4860. The highest BCUT2D eigenvalue weighted by molar-refractivity contribution is 6.12. The van der Waals surface area contributed by atoms with Gasteiger partial charge < -0.3 is 9.13 Å². The van der Waals surface area contributed by atoms with Gasteiger partial charge in [-0.3, -0.25) is 0 Å². The quantitative estimate of drug-likeness (QED) is 0.134. The molecule has 14 rings (SSSR count). The van der Waals surface area contributed by atoms with Crippen LogP contribution in [-0.2, 0) is 0 Å². The summed E-state index contributed by atoms with van der Waals surface area (Å²) in [5.41, 5.74) is 18.1. The first-order valence-electron chi connectivity index (χ1n) is 26.2. The minimum Gasteiger partial charge on any atom is -0.309 e. The second kappa shape index (κ2) is 19.6. The van der Waals surface area contributed by atoms with Gasteiger partial charge in [-0.2, -0.15) is 10.5 Å². The lowest BCUT2D eigenvalue weighted by molar-refractivity contribution is 1.06. The summed E-state index contributed by atoms with van der Waals surface area (Å²) < 4.78 is 4.68. The number of benzene rings is 11. The van der Waals surface area contributed by atoms with Crippen molar-refractivity contribution in [3.05, 3.63) is 277 Å². The highest BCUT2D eigenvalue weighted by Gasteiger charge is 2.24. The van der Waals surface area contributed by atoms with Crippen molar-refractivity contribution in [2.75, 3.05) is 0 Å². The standard InChI is InChI=1S/C72H42N8/c1-75-57-21-13-20-52(39-57)55-32-36-68-62(42-55)59-23-9-11-25-65(59)80(68)69-37-33-56(43-63(69)72-77-70(49-15-4-2-5-16-49)76-71(78-72)50-17-6-3-7-18-50)60-40-53(48-28-26-46(44-73)27-29-48)30-34-66(60)79-64-24-10-8-22-58(64)61-41-54(31-35-67(61)79)51-19-12-14-47(38-51)45-74/h2-43H. The summed E-state index contributed by atoms with van der Waals surface area (Å²) >= 11 is 0. The third-order valence-electron chi connectivity index (χ3n) is 15.1. The zero-order valence-electron chi connectivity index (χ0n) is 42.8. The van der Waals surface area contributed by atoms with Crippen LogP contribution in [0.1, 0.15) is 11.1 Å². The van der Waals surface area contributed by atoms with Crippen LogP contribution in [0.3, 0.4) is 0 Å². The van der Waals surface area contributed by atoms with Gasteiger partial charge in [0.2, 0.25) is 0 Å². The molecule has 0 aliphatic heterocycles. The lowest BCUT2D eigenvalue weighted by Gasteiger charge is -2.19. The monoisotopic (exact) mass is 1020 g/mol. The summed E-state index contributed by atoms with van der Waals surface area (Å²) in [7, 11) is 0. The number of aromatic nitrogens is 5. The summed E-state index contributed by atoms with van der Waals surface area (Å²) in [6, 6.07) is 91.3. The first-order valence-corrected chi connectivity index (χ1v) is 26.2. The van der Waals surface area contributed by atoms with E-state index in [0.717, 1.165) is 116 Å². The zero-order chi connectivity index (χ0) is 53.7. The van der Waals surface area contributed by atoms with Crippen LogP contribution in [-0.4, -0.2) is 24.1 Å². The smallest absolute Gasteiger partial charge is 0.187 e. The summed E-state index contributed by atoms with van der Waals surface area (Å²) in [5.74, 6) is 1.60. The lowest BCUT2D eigenvalue weighted by Crippen LogP contribution is -2.04. The number of nitrogens with zero attached hydrogens (tertiary/aromatic N) is 8. The van der Waals surface area contributed by atoms with Crippen LogP contribution >= 0.6 is 0 Å². The Morgan fingerprint density at radius 1 is 0.312 bits per heavy atom. The van der Waals surface area contributed by atoms with Crippen molar-refractivity contribution < 1.29 is 0 Å². The summed E-state index contributed by atoms with van der Waals surface area (Å²) in [6.45, 7) is 7.74. The van der Waals surface area contributed by atoms with E-state index in [4.69, 9.17) is 21.5 Å². The molecule has 0 aliphatic carbocycles. The topological polar surface area (TPSA) is 100 Å². The van der Waals surface area contributed by atoms with E-state index in [9.17, 15) is 10.5 Å². The van der Waals surface area contributed by atoms with Crippen molar-refractivity contribution in [1.82, 2.24) is 24.1 Å². The van der Waals surface area contributed by atoms with Gasteiger partial charge in [-0.05, 0) is 130 Å². The summed E-state index contributed by atoms with van der Waals surface area (Å²) in [6.07, 6.45) is 0. The van der Waals surface area contributed by atoms with E-state index in [1.165, 1.54) is 0 Å². The number of hydrogen-bond acceptors (Lipinski definition) is 5. The van der Waals surface area contributed by atoms with Crippen LogP contribution in [0.15, 0.2) is 255 Å². The summed E-state index contributed by atoms with van der Waals surface area (Å²) in [4.78, 5) is 19.7. The van der Waals surface area contributed by atoms with Crippen LogP contribution in [0, 0.1) is 29.2 Å². The Labute approximate surface area is 461 Å². The normalized spacial score (nSPS) is 11.2. The maximum atomic E-state index is 9.81. The van der Waals surface area contributed by atoms with E-state index < -0.39 is 0 Å². The van der Waals surface area contributed by atoms with E-state index in [-0.39, 0.29) is 0 Å². The molecule has 0 bridgehead atoms. The molecule has 0 amide bonds. The van der Waals surface area contributed by atoms with Crippen molar-refractivity contribution in [2.24, 2.45) is 0 Å². The van der Waals surface area contributed by atoms with E-state index in [1.54, 1.807) is 0 Å². The van der Waals surface area contributed by atoms with Crippen molar-refractivity contribution >= 4 is 49.3 Å². The van der Waals surface area contributed by atoms with E-state index in [2.05, 4.69) is 160 Å². The van der Waals surface area contributed by atoms with E-state index in [0.29, 0.717) is 34.3 Å². The Balaban J connectivity index is 1.06. The molecule has 370 valence electrons. The van der Waals surface area contributed by atoms with E-state index in [1.807, 2.05) is 121 Å². The van der Waals surface area contributed by atoms with Gasteiger partial charge in [0.15, 0.2) is 23.2 Å². The van der Waals surface area contributed by atoms with Gasteiger partial charge in [-0.25, -0.2) is 19.8 Å². The Kier molecular flexibility index (Phi) is 11.5. The van der Waals surface area contributed by atoms with Gasteiger partial charge >= 0.3 is 0 Å². The molecule has 3 aromatic heterocycles. The number of nitriles is 2. The average molecular weight is 1020 g/mol. The molecule has 0 radical (unpaired) electrons. The van der Waals surface area contributed by atoms with Crippen molar-refractivity contribution in [2.45, 2.75) is 0 Å². The molecule has 3 heterocycles. The van der Waals surface area contributed by atoms with Gasteiger partial charge in [-0.1, -0.05) is 164 Å². The molecule has 8 nitrogen and oxygen atoms in total. The molecular formula is C72H42N8. The van der Waals surface area contributed by atoms with Crippen molar-refractivity contribution in [3.8, 4) is 102 Å². The van der Waals surface area contributed by atoms with Gasteiger partial charge in [-0.15, -0.1) is 0 Å². The van der Waals surface area contributed by atoms with Crippen LogP contribution < -0.4 is 0 Å². The number of hydrogen-bond donors (Lipinski definition) is 0. The molecule has 8 heteroatoms. The van der Waals surface area contributed by atoms with Crippen LogP contribution in [0.5, 0.6) is 0 Å². The second-order valence-corrected chi connectivity index (χ2v) is 19.7. The van der Waals surface area contributed by atoms with Gasteiger partial charge in [0.25, 0.3) is 0 Å². The number of para-hydroxylation sites is 2. The molecule has 11 aromatic carbocycles. The molecule has 80 heavy (non-hydrogen) atoms. The van der Waals surface area contributed by atoms with Gasteiger partial charge in [0.05, 0.1) is 63.3 Å². The van der Waals surface area contributed by atoms with Crippen LogP contribution in [0.4, 0.5) is 5.69 Å². The number of rotatable bonds is 9. The maximum Gasteiger partial charge on any atom is 0.187 e. The van der Waals surface area contributed by atoms with Crippen LogP contribution in [0.25, 0.3) is 139 Å². The molecule has 14 aromatic rings. The summed E-state index contributed by atoms with van der Waals surface area (Å²) in [5, 5.41) is 23.9. The first-order chi connectivity index (χ1) is 39.5. The fourth-order valence-corrected chi connectivity index (χ4v) is 11.2. The molecule has 0 atom stereocenters. The molecule has 0 spiro atoms. The molecule has 0 N–H and O–H groups in total. The Morgan fingerprint density at radius 3 is 1.34 bits per heavy atom. The third kappa shape index (κ3) is 8.20. The van der Waals surface area contributed by atoms with Crippen LogP contribution in [0.2, 0.25) is 0 Å². The zero-order valence-corrected chi connectivity index (χ0v) is 42.8. The predicted octanol–water partition coefficient (Wildman–Crippen LogP) is 18.0. The van der Waals surface area contributed by atoms with E-state index >= 15 is 0 Å². The highest BCUT2D eigenvalue weighted by atomic mass is 15.1. The minimum absolute atomic E-state index is 0.503. The average Bonchev–Trinajstić information content (AvgIpc) is 4.27. The van der Waals surface area contributed by atoms with Gasteiger partial charge in [0, 0.05) is 43.8 Å². The fraction of sp³-hybridized carbons (Fsp3) is 0. The second-order valence-electron chi connectivity index (χ2n) is 19.7. The maximum absolute atomic E-state index is 9.81.